The minimum atomic E-state index is 0.260. The molecule has 0 radical (unpaired) electrons. The molecule has 1 rings (SSSR count). The Kier molecular flexibility index (Phi) is 10.2. The van der Waals surface area contributed by atoms with Crippen LogP contribution < -0.4 is 5.32 Å². The molecular weight excluding hydrogens is 278 g/mol. The van der Waals surface area contributed by atoms with Crippen LogP contribution in [0.2, 0.25) is 0 Å². The first-order chi connectivity index (χ1) is 10.7. The number of nitrogens with one attached hydrogen (secondary N) is 1. The van der Waals surface area contributed by atoms with E-state index in [-0.39, 0.29) is 6.61 Å². The number of hydrogen-bond acceptors (Lipinski definition) is 3. The molecule has 1 fully saturated rings. The van der Waals surface area contributed by atoms with Gasteiger partial charge < -0.3 is 20.1 Å². The number of ether oxygens (including phenoxy) is 1. The fraction of sp³-hybridized carbons (Fsp3) is 0.941. The standard InChI is InChI=1S/C17H35N3O2/c1-4-7-15(10-13-21)14-19-17(18-5-2)20-11-8-16(9-12-20)22-6-3/h15-16,21H,4-14H2,1-3H3,(H,18,19). The summed E-state index contributed by atoms with van der Waals surface area (Å²) in [6, 6.07) is 0. The number of aliphatic hydroxyl groups excluding tert-OH is 1. The molecule has 0 aromatic carbocycles. The average Bonchev–Trinajstić information content (AvgIpc) is 2.53. The van der Waals surface area contributed by atoms with E-state index in [0.29, 0.717) is 12.0 Å². The molecule has 1 atom stereocenters. The third kappa shape index (κ3) is 6.97. The van der Waals surface area contributed by atoms with Crippen LogP contribution in [0, 0.1) is 5.92 Å². The topological polar surface area (TPSA) is 57.1 Å². The van der Waals surface area contributed by atoms with Crippen molar-refractivity contribution >= 4 is 5.96 Å². The maximum atomic E-state index is 9.17. The van der Waals surface area contributed by atoms with Crippen LogP contribution in [0.1, 0.15) is 52.9 Å². The number of aliphatic imine (C=N–C) groups is 1. The number of piperidine rings is 1. The highest BCUT2D eigenvalue weighted by Crippen LogP contribution is 2.15. The van der Waals surface area contributed by atoms with E-state index < -0.39 is 0 Å². The normalized spacial score (nSPS) is 18.5. The molecule has 1 aliphatic rings. The van der Waals surface area contributed by atoms with E-state index in [9.17, 15) is 5.11 Å². The zero-order chi connectivity index (χ0) is 16.2. The Bertz CT molecular complexity index is 296. The summed E-state index contributed by atoms with van der Waals surface area (Å²) in [5, 5.41) is 12.6. The van der Waals surface area contributed by atoms with E-state index in [0.717, 1.165) is 70.8 Å². The van der Waals surface area contributed by atoms with Crippen molar-refractivity contribution in [2.24, 2.45) is 10.9 Å². The van der Waals surface area contributed by atoms with Crippen molar-refractivity contribution in [3.63, 3.8) is 0 Å². The second-order valence-electron chi connectivity index (χ2n) is 6.00. The molecule has 5 heteroatoms. The van der Waals surface area contributed by atoms with Gasteiger partial charge in [-0.15, -0.1) is 0 Å². The summed E-state index contributed by atoms with van der Waals surface area (Å²) >= 11 is 0. The summed E-state index contributed by atoms with van der Waals surface area (Å²) in [6.45, 7) is 11.1. The van der Waals surface area contributed by atoms with E-state index in [2.05, 4.69) is 31.0 Å². The number of guanidine groups is 1. The van der Waals surface area contributed by atoms with Crippen LogP contribution in [-0.4, -0.2) is 61.5 Å². The molecule has 1 unspecified atom stereocenters. The van der Waals surface area contributed by atoms with Gasteiger partial charge in [0.15, 0.2) is 5.96 Å². The fourth-order valence-corrected chi connectivity index (χ4v) is 3.03. The Hall–Kier alpha value is -0.810. The molecule has 1 saturated heterocycles. The van der Waals surface area contributed by atoms with Gasteiger partial charge in [-0.1, -0.05) is 13.3 Å². The first kappa shape index (κ1) is 19.2. The minimum Gasteiger partial charge on any atom is -0.396 e. The molecule has 130 valence electrons. The summed E-state index contributed by atoms with van der Waals surface area (Å²) in [5.74, 6) is 1.51. The SMILES string of the molecule is CCCC(CCO)CN=C(NCC)N1CCC(OCC)CC1. The van der Waals surface area contributed by atoms with Crippen molar-refractivity contribution in [1.29, 1.82) is 0 Å². The molecule has 0 spiro atoms. The van der Waals surface area contributed by atoms with Crippen LogP contribution >= 0.6 is 0 Å². The van der Waals surface area contributed by atoms with E-state index in [1.807, 2.05) is 0 Å². The van der Waals surface area contributed by atoms with Crippen LogP contribution in [0.4, 0.5) is 0 Å². The van der Waals surface area contributed by atoms with Crippen LogP contribution in [0.15, 0.2) is 4.99 Å². The Labute approximate surface area is 136 Å². The molecule has 22 heavy (non-hydrogen) atoms. The molecule has 0 amide bonds. The number of hydrogen-bond donors (Lipinski definition) is 2. The second kappa shape index (κ2) is 11.7. The summed E-state index contributed by atoms with van der Waals surface area (Å²) in [5.41, 5.74) is 0. The predicted octanol–water partition coefficient (Wildman–Crippen LogP) is 2.25. The zero-order valence-electron chi connectivity index (χ0n) is 14.7. The van der Waals surface area contributed by atoms with Gasteiger partial charge in [0.05, 0.1) is 6.10 Å². The highest BCUT2D eigenvalue weighted by atomic mass is 16.5. The van der Waals surface area contributed by atoms with Crippen LogP contribution in [0.3, 0.4) is 0 Å². The summed E-state index contributed by atoms with van der Waals surface area (Å²) < 4.78 is 5.72. The quantitative estimate of drug-likeness (QED) is 0.506. The lowest BCUT2D eigenvalue weighted by Gasteiger charge is -2.34. The van der Waals surface area contributed by atoms with Gasteiger partial charge in [-0.25, -0.2) is 0 Å². The van der Waals surface area contributed by atoms with Crippen molar-refractivity contribution in [3.8, 4) is 0 Å². The molecule has 2 N–H and O–H groups in total. The van der Waals surface area contributed by atoms with Crippen LogP contribution in [0.25, 0.3) is 0 Å². The van der Waals surface area contributed by atoms with Crippen LogP contribution in [-0.2, 0) is 4.74 Å². The molecule has 0 aromatic rings. The maximum absolute atomic E-state index is 9.17. The van der Waals surface area contributed by atoms with Gasteiger partial charge in [0.1, 0.15) is 0 Å². The van der Waals surface area contributed by atoms with Crippen molar-refractivity contribution in [3.05, 3.63) is 0 Å². The van der Waals surface area contributed by atoms with Gasteiger partial charge in [0, 0.05) is 39.4 Å². The predicted molar refractivity (Wildman–Crippen MR) is 92.3 cm³/mol. The lowest BCUT2D eigenvalue weighted by atomic mass is 10.0. The van der Waals surface area contributed by atoms with Gasteiger partial charge in [0.2, 0.25) is 0 Å². The van der Waals surface area contributed by atoms with Gasteiger partial charge in [-0.05, 0) is 45.4 Å². The van der Waals surface area contributed by atoms with Gasteiger partial charge >= 0.3 is 0 Å². The second-order valence-corrected chi connectivity index (χ2v) is 6.00. The number of nitrogens with zero attached hydrogens (tertiary/aromatic N) is 2. The fourth-order valence-electron chi connectivity index (χ4n) is 3.03. The van der Waals surface area contributed by atoms with E-state index >= 15 is 0 Å². The average molecular weight is 313 g/mol. The Morgan fingerprint density at radius 3 is 2.55 bits per heavy atom. The lowest BCUT2D eigenvalue weighted by molar-refractivity contribution is 0.0263. The van der Waals surface area contributed by atoms with Crippen LogP contribution in [0.5, 0.6) is 0 Å². The van der Waals surface area contributed by atoms with Gasteiger partial charge in [-0.3, -0.25) is 4.99 Å². The highest BCUT2D eigenvalue weighted by molar-refractivity contribution is 5.80. The number of rotatable bonds is 9. The van der Waals surface area contributed by atoms with E-state index in [4.69, 9.17) is 9.73 Å². The summed E-state index contributed by atoms with van der Waals surface area (Å²) in [4.78, 5) is 7.17. The lowest BCUT2D eigenvalue weighted by Crippen LogP contribution is -2.47. The third-order valence-electron chi connectivity index (χ3n) is 4.21. The van der Waals surface area contributed by atoms with E-state index in [1.165, 1.54) is 0 Å². The Morgan fingerprint density at radius 1 is 1.27 bits per heavy atom. The van der Waals surface area contributed by atoms with Crippen molar-refractivity contribution in [1.82, 2.24) is 10.2 Å². The smallest absolute Gasteiger partial charge is 0.193 e. The maximum Gasteiger partial charge on any atom is 0.193 e. The van der Waals surface area contributed by atoms with Gasteiger partial charge in [0.25, 0.3) is 0 Å². The molecule has 0 aromatic heterocycles. The minimum absolute atomic E-state index is 0.260. The van der Waals surface area contributed by atoms with Crippen molar-refractivity contribution in [2.45, 2.75) is 59.0 Å². The number of aliphatic hydroxyl groups is 1. The summed E-state index contributed by atoms with van der Waals surface area (Å²) in [6.07, 6.45) is 5.70. The van der Waals surface area contributed by atoms with Gasteiger partial charge in [-0.2, -0.15) is 0 Å². The number of likely N-dealkylation sites (tertiary alicyclic amines) is 1. The largest absolute Gasteiger partial charge is 0.396 e. The first-order valence-corrected chi connectivity index (χ1v) is 9.00. The molecule has 1 aliphatic heterocycles. The molecule has 0 saturated carbocycles. The Balaban J connectivity index is 2.54. The first-order valence-electron chi connectivity index (χ1n) is 9.00. The summed E-state index contributed by atoms with van der Waals surface area (Å²) in [7, 11) is 0. The molecule has 1 heterocycles. The molecule has 0 bridgehead atoms. The van der Waals surface area contributed by atoms with E-state index in [1.54, 1.807) is 0 Å². The van der Waals surface area contributed by atoms with Crippen molar-refractivity contribution < 1.29 is 9.84 Å². The molecular formula is C17H35N3O2. The monoisotopic (exact) mass is 313 g/mol. The third-order valence-corrected chi connectivity index (χ3v) is 4.21. The highest BCUT2D eigenvalue weighted by Gasteiger charge is 2.21. The van der Waals surface area contributed by atoms with Crippen molar-refractivity contribution in [2.75, 3.05) is 39.4 Å². The Morgan fingerprint density at radius 2 is 2.00 bits per heavy atom. The zero-order valence-corrected chi connectivity index (χ0v) is 14.7. The molecule has 0 aliphatic carbocycles. The molecule has 5 nitrogen and oxygen atoms in total.